The Morgan fingerprint density at radius 1 is 1.17 bits per heavy atom. The second-order valence-corrected chi connectivity index (χ2v) is 6.81. The summed E-state index contributed by atoms with van der Waals surface area (Å²) in [6, 6.07) is 13.0. The summed E-state index contributed by atoms with van der Waals surface area (Å²) in [6.45, 7) is 0.656. The van der Waals surface area contributed by atoms with Gasteiger partial charge in [0, 0.05) is 18.9 Å². The normalized spacial score (nSPS) is 11.0. The van der Waals surface area contributed by atoms with Crippen molar-refractivity contribution >= 4 is 21.2 Å². The van der Waals surface area contributed by atoms with E-state index in [9.17, 15) is 18.5 Å². The van der Waals surface area contributed by atoms with Crippen molar-refractivity contribution in [3.63, 3.8) is 0 Å². The molecule has 2 aromatic rings. The third-order valence-corrected chi connectivity index (χ3v) is 4.13. The lowest BCUT2D eigenvalue weighted by Gasteiger charge is -2.09. The van der Waals surface area contributed by atoms with Gasteiger partial charge in [0.05, 0.1) is 9.82 Å². The lowest BCUT2D eigenvalue weighted by molar-refractivity contribution is -0.384. The molecular weight excluding hydrogens is 320 g/mol. The molecule has 1 N–H and O–H groups in total. The number of nitrogens with zero attached hydrogens (tertiary/aromatic N) is 1. The molecule has 122 valence electrons. The molecule has 0 heterocycles. The van der Waals surface area contributed by atoms with Gasteiger partial charge < -0.3 is 10.1 Å². The molecule has 0 fully saturated rings. The molecule has 0 bridgehead atoms. The summed E-state index contributed by atoms with van der Waals surface area (Å²) in [5.74, 6) is 0.705. The third-order valence-electron chi connectivity index (χ3n) is 3.02. The summed E-state index contributed by atoms with van der Waals surface area (Å²) < 4.78 is 28.4. The first-order valence-corrected chi connectivity index (χ1v) is 8.67. The molecule has 0 amide bonds. The monoisotopic (exact) mass is 336 g/mol. The second kappa shape index (κ2) is 7.10. The zero-order valence-electron chi connectivity index (χ0n) is 12.4. The average Bonchev–Trinajstić information content (AvgIpc) is 2.51. The lowest BCUT2D eigenvalue weighted by atomic mass is 10.2. The van der Waals surface area contributed by atoms with Crippen LogP contribution in [-0.4, -0.2) is 32.7 Å². The predicted molar refractivity (Wildman–Crippen MR) is 86.6 cm³/mol. The van der Waals surface area contributed by atoms with Gasteiger partial charge in [0.1, 0.15) is 18.0 Å². The van der Waals surface area contributed by atoms with Gasteiger partial charge in [-0.15, -0.1) is 0 Å². The first kappa shape index (κ1) is 16.8. The van der Waals surface area contributed by atoms with E-state index in [4.69, 9.17) is 4.74 Å². The van der Waals surface area contributed by atoms with E-state index < -0.39 is 14.8 Å². The fourth-order valence-corrected chi connectivity index (χ4v) is 2.55. The van der Waals surface area contributed by atoms with Crippen LogP contribution in [0.15, 0.2) is 53.4 Å². The van der Waals surface area contributed by atoms with E-state index in [-0.39, 0.29) is 16.3 Å². The van der Waals surface area contributed by atoms with E-state index >= 15 is 0 Å². The number of nitro groups is 1. The summed E-state index contributed by atoms with van der Waals surface area (Å²) in [6.07, 6.45) is 1.01. The van der Waals surface area contributed by atoms with Crippen molar-refractivity contribution in [3.05, 3.63) is 58.6 Å². The van der Waals surface area contributed by atoms with E-state index in [1.165, 1.54) is 12.1 Å². The van der Waals surface area contributed by atoms with E-state index in [1.807, 2.05) is 30.3 Å². The molecule has 0 radical (unpaired) electrons. The minimum absolute atomic E-state index is 0.0877. The highest BCUT2D eigenvalue weighted by Gasteiger charge is 2.18. The number of ether oxygens (including phenoxy) is 1. The molecular formula is C15H16N2O5S. The molecule has 0 aliphatic carbocycles. The van der Waals surface area contributed by atoms with Crippen LogP contribution in [0.1, 0.15) is 0 Å². The van der Waals surface area contributed by atoms with Crippen molar-refractivity contribution in [3.8, 4) is 5.75 Å². The summed E-state index contributed by atoms with van der Waals surface area (Å²) >= 11 is 0. The van der Waals surface area contributed by atoms with Gasteiger partial charge in [0.2, 0.25) is 0 Å². The Morgan fingerprint density at radius 2 is 1.87 bits per heavy atom. The van der Waals surface area contributed by atoms with Crippen molar-refractivity contribution in [2.75, 3.05) is 24.7 Å². The van der Waals surface area contributed by atoms with Gasteiger partial charge in [0.25, 0.3) is 5.69 Å². The number of hydrogen-bond donors (Lipinski definition) is 1. The van der Waals surface area contributed by atoms with Gasteiger partial charge in [-0.25, -0.2) is 8.42 Å². The maximum absolute atomic E-state index is 11.5. The number of nitrogens with one attached hydrogen (secondary N) is 1. The number of hydrogen-bond acceptors (Lipinski definition) is 6. The Hall–Kier alpha value is -2.61. The Kier molecular flexibility index (Phi) is 5.17. The Balaban J connectivity index is 2.03. The molecule has 2 rings (SSSR count). The van der Waals surface area contributed by atoms with E-state index in [2.05, 4.69) is 5.32 Å². The minimum Gasteiger partial charge on any atom is -0.492 e. The van der Waals surface area contributed by atoms with Gasteiger partial charge in [-0.2, -0.15) is 0 Å². The van der Waals surface area contributed by atoms with Crippen LogP contribution in [0, 0.1) is 10.1 Å². The first-order valence-electron chi connectivity index (χ1n) is 6.78. The van der Waals surface area contributed by atoms with E-state index in [0.717, 1.165) is 12.3 Å². The lowest BCUT2D eigenvalue weighted by Crippen LogP contribution is -2.12. The zero-order valence-corrected chi connectivity index (χ0v) is 13.2. The Labute approximate surface area is 134 Å². The highest BCUT2D eigenvalue weighted by molar-refractivity contribution is 7.90. The van der Waals surface area contributed by atoms with Crippen molar-refractivity contribution < 1.29 is 18.1 Å². The molecule has 23 heavy (non-hydrogen) atoms. The Morgan fingerprint density at radius 3 is 2.48 bits per heavy atom. The van der Waals surface area contributed by atoms with Crippen LogP contribution in [0.2, 0.25) is 0 Å². The smallest absolute Gasteiger partial charge is 0.293 e. The molecule has 0 spiro atoms. The average molecular weight is 336 g/mol. The molecule has 0 aliphatic heterocycles. The standard InChI is InChI=1S/C15H16N2O5S/c1-23(20,21)13-7-8-14(15(11-13)17(18)19)16-9-10-22-12-5-3-2-4-6-12/h2-8,11,16H,9-10H2,1H3. The summed E-state index contributed by atoms with van der Waals surface area (Å²) in [4.78, 5) is 10.4. The maximum atomic E-state index is 11.5. The number of anilines is 1. The van der Waals surface area contributed by atoms with Crippen LogP contribution in [0.25, 0.3) is 0 Å². The third kappa shape index (κ3) is 4.68. The molecule has 7 nitrogen and oxygen atoms in total. The molecule has 0 aromatic heterocycles. The molecule has 0 atom stereocenters. The first-order chi connectivity index (χ1) is 10.9. The number of nitro benzene ring substituents is 1. The fourth-order valence-electron chi connectivity index (χ4n) is 1.91. The summed E-state index contributed by atoms with van der Waals surface area (Å²) in [5, 5.41) is 14.0. The summed E-state index contributed by atoms with van der Waals surface area (Å²) in [5.41, 5.74) is -0.0355. The van der Waals surface area contributed by atoms with Crippen LogP contribution in [0.4, 0.5) is 11.4 Å². The quantitative estimate of drug-likeness (QED) is 0.474. The van der Waals surface area contributed by atoms with Crippen molar-refractivity contribution in [1.82, 2.24) is 0 Å². The summed E-state index contributed by atoms with van der Waals surface area (Å²) in [7, 11) is -3.49. The predicted octanol–water partition coefficient (Wildman–Crippen LogP) is 2.49. The van der Waals surface area contributed by atoms with E-state index in [0.29, 0.717) is 18.9 Å². The topological polar surface area (TPSA) is 98.5 Å². The molecule has 0 saturated heterocycles. The molecule has 2 aromatic carbocycles. The highest BCUT2D eigenvalue weighted by Crippen LogP contribution is 2.27. The molecule has 8 heteroatoms. The van der Waals surface area contributed by atoms with Crippen LogP contribution in [0.5, 0.6) is 5.75 Å². The fraction of sp³-hybridized carbons (Fsp3) is 0.200. The Bertz CT molecular complexity index is 791. The van der Waals surface area contributed by atoms with Crippen LogP contribution >= 0.6 is 0 Å². The zero-order chi connectivity index (χ0) is 16.9. The number of rotatable bonds is 7. The number of para-hydroxylation sites is 1. The van der Waals surface area contributed by atoms with Gasteiger partial charge in [-0.3, -0.25) is 10.1 Å². The van der Waals surface area contributed by atoms with Crippen molar-refractivity contribution in [1.29, 1.82) is 0 Å². The van der Waals surface area contributed by atoms with Crippen molar-refractivity contribution in [2.24, 2.45) is 0 Å². The molecule has 0 saturated carbocycles. The van der Waals surface area contributed by atoms with Gasteiger partial charge >= 0.3 is 0 Å². The van der Waals surface area contributed by atoms with Crippen molar-refractivity contribution in [2.45, 2.75) is 4.90 Å². The van der Waals surface area contributed by atoms with Gasteiger partial charge in [0.15, 0.2) is 9.84 Å². The van der Waals surface area contributed by atoms with E-state index in [1.54, 1.807) is 0 Å². The largest absolute Gasteiger partial charge is 0.492 e. The van der Waals surface area contributed by atoms with Gasteiger partial charge in [-0.1, -0.05) is 18.2 Å². The van der Waals surface area contributed by atoms with Gasteiger partial charge in [-0.05, 0) is 24.3 Å². The highest BCUT2D eigenvalue weighted by atomic mass is 32.2. The SMILES string of the molecule is CS(=O)(=O)c1ccc(NCCOc2ccccc2)c([N+](=O)[O-])c1. The number of benzene rings is 2. The molecule has 0 aliphatic rings. The van der Waals surface area contributed by atoms with Crippen LogP contribution in [-0.2, 0) is 9.84 Å². The maximum Gasteiger partial charge on any atom is 0.293 e. The molecule has 0 unspecified atom stereocenters. The minimum atomic E-state index is -3.49. The van der Waals surface area contributed by atoms with Crippen LogP contribution in [0.3, 0.4) is 0 Å². The number of sulfone groups is 1. The second-order valence-electron chi connectivity index (χ2n) is 4.80. The van der Waals surface area contributed by atoms with Crippen LogP contribution < -0.4 is 10.1 Å².